The highest BCUT2D eigenvalue weighted by molar-refractivity contribution is 7.47. The fraction of sp³-hybridized carbons (Fsp3) is 1.00. The van der Waals surface area contributed by atoms with Crippen LogP contribution in [0, 0.1) is 0 Å². The Morgan fingerprint density at radius 1 is 0.957 bits per heavy atom. The summed E-state index contributed by atoms with van der Waals surface area (Å²) < 4.78 is 32.5. The Labute approximate surface area is 140 Å². The van der Waals surface area contributed by atoms with E-state index >= 15 is 0 Å². The zero-order valence-electron chi connectivity index (χ0n) is 14.6. The largest absolute Gasteiger partial charge is 0.472 e. The zero-order valence-corrected chi connectivity index (χ0v) is 15.5. The van der Waals surface area contributed by atoms with Crippen LogP contribution < -0.4 is 5.73 Å². The lowest BCUT2D eigenvalue weighted by Gasteiger charge is -2.20. The molecule has 2 atom stereocenters. The van der Waals surface area contributed by atoms with E-state index < -0.39 is 7.82 Å². The minimum atomic E-state index is -4.07. The first-order valence-electron chi connectivity index (χ1n) is 8.57. The van der Waals surface area contributed by atoms with Crippen LogP contribution >= 0.6 is 7.82 Å². The van der Waals surface area contributed by atoms with Crippen molar-refractivity contribution in [1.29, 1.82) is 0 Å². The Morgan fingerprint density at radius 2 is 1.61 bits per heavy atom. The van der Waals surface area contributed by atoms with E-state index in [4.69, 9.17) is 24.3 Å². The van der Waals surface area contributed by atoms with Crippen molar-refractivity contribution < 1.29 is 28.0 Å². The second-order valence-electron chi connectivity index (χ2n) is 5.37. The minimum Gasteiger partial charge on any atom is -0.379 e. The first-order valence-corrected chi connectivity index (χ1v) is 10.1. The maximum Gasteiger partial charge on any atom is 0.472 e. The SMILES string of the molecule is CCCCCOC[C@@H](COP(=O)(O)OCCN)OCCCCC. The molecule has 0 aromatic carbocycles. The van der Waals surface area contributed by atoms with Crippen molar-refractivity contribution in [3.05, 3.63) is 0 Å². The summed E-state index contributed by atoms with van der Waals surface area (Å²) in [6.07, 6.45) is 6.02. The van der Waals surface area contributed by atoms with E-state index in [1.807, 2.05) is 0 Å². The van der Waals surface area contributed by atoms with E-state index in [2.05, 4.69) is 13.8 Å². The van der Waals surface area contributed by atoms with E-state index in [0.29, 0.717) is 19.8 Å². The molecule has 0 bridgehead atoms. The molecular formula is C15H34NO6P. The number of phosphoric ester groups is 1. The van der Waals surface area contributed by atoms with Gasteiger partial charge in [0, 0.05) is 19.8 Å². The molecule has 0 saturated heterocycles. The normalized spacial score (nSPS) is 15.5. The Morgan fingerprint density at radius 3 is 2.22 bits per heavy atom. The van der Waals surface area contributed by atoms with Crippen LogP contribution in [0.25, 0.3) is 0 Å². The van der Waals surface area contributed by atoms with Crippen molar-refractivity contribution in [2.45, 2.75) is 58.5 Å². The number of nitrogens with two attached hydrogens (primary N) is 1. The first kappa shape index (κ1) is 23.0. The molecule has 8 heteroatoms. The van der Waals surface area contributed by atoms with Gasteiger partial charge >= 0.3 is 7.82 Å². The molecule has 0 radical (unpaired) electrons. The third kappa shape index (κ3) is 15.3. The van der Waals surface area contributed by atoms with Gasteiger partial charge in [-0.1, -0.05) is 39.5 Å². The van der Waals surface area contributed by atoms with Crippen LogP contribution in [0.1, 0.15) is 52.4 Å². The van der Waals surface area contributed by atoms with Crippen molar-refractivity contribution in [3.63, 3.8) is 0 Å². The predicted molar refractivity (Wildman–Crippen MR) is 90.4 cm³/mol. The maximum absolute atomic E-state index is 11.6. The van der Waals surface area contributed by atoms with Crippen LogP contribution in [0.4, 0.5) is 0 Å². The van der Waals surface area contributed by atoms with Crippen molar-refractivity contribution in [2.24, 2.45) is 5.73 Å². The zero-order chi connectivity index (χ0) is 17.4. The Hall–Kier alpha value is -0.0100. The van der Waals surface area contributed by atoms with E-state index in [9.17, 15) is 9.46 Å². The molecule has 23 heavy (non-hydrogen) atoms. The van der Waals surface area contributed by atoms with Crippen molar-refractivity contribution in [3.8, 4) is 0 Å². The highest BCUT2D eigenvalue weighted by Crippen LogP contribution is 2.42. The lowest BCUT2D eigenvalue weighted by Crippen LogP contribution is -2.26. The van der Waals surface area contributed by atoms with Crippen LogP contribution in [-0.4, -0.2) is 50.6 Å². The van der Waals surface area contributed by atoms with E-state index in [1.165, 1.54) is 0 Å². The molecule has 0 aliphatic carbocycles. The summed E-state index contributed by atoms with van der Waals surface area (Å²) in [5, 5.41) is 0. The molecule has 0 aliphatic heterocycles. The molecule has 0 saturated carbocycles. The number of hydrogen-bond donors (Lipinski definition) is 2. The summed E-state index contributed by atoms with van der Waals surface area (Å²) in [5.74, 6) is 0. The van der Waals surface area contributed by atoms with Crippen molar-refractivity contribution in [1.82, 2.24) is 0 Å². The highest BCUT2D eigenvalue weighted by Gasteiger charge is 2.23. The molecule has 140 valence electrons. The minimum absolute atomic E-state index is 0.0245. The van der Waals surface area contributed by atoms with E-state index in [0.717, 1.165) is 38.5 Å². The van der Waals surface area contributed by atoms with Crippen LogP contribution in [0.2, 0.25) is 0 Å². The highest BCUT2D eigenvalue weighted by atomic mass is 31.2. The van der Waals surface area contributed by atoms with Gasteiger partial charge in [-0.25, -0.2) is 4.57 Å². The molecule has 1 unspecified atom stereocenters. The van der Waals surface area contributed by atoms with Crippen LogP contribution in [0.15, 0.2) is 0 Å². The predicted octanol–water partition coefficient (Wildman–Crippen LogP) is 2.86. The van der Waals surface area contributed by atoms with Gasteiger partial charge in [-0.05, 0) is 12.8 Å². The van der Waals surface area contributed by atoms with Gasteiger partial charge in [0.15, 0.2) is 0 Å². The lowest BCUT2D eigenvalue weighted by molar-refractivity contribution is -0.0442. The summed E-state index contributed by atoms with van der Waals surface area (Å²) in [4.78, 5) is 9.50. The second-order valence-corrected chi connectivity index (χ2v) is 6.82. The van der Waals surface area contributed by atoms with E-state index in [-0.39, 0.29) is 25.9 Å². The molecule has 0 spiro atoms. The fourth-order valence-electron chi connectivity index (χ4n) is 1.80. The van der Waals surface area contributed by atoms with Gasteiger partial charge < -0.3 is 20.1 Å². The molecule has 3 N–H and O–H groups in total. The molecule has 0 rings (SSSR count). The molecule has 0 fully saturated rings. The topological polar surface area (TPSA) is 100 Å². The number of rotatable bonds is 17. The summed E-state index contributed by atoms with van der Waals surface area (Å²) >= 11 is 0. The summed E-state index contributed by atoms with van der Waals surface area (Å²) in [6.45, 7) is 5.92. The fourth-order valence-corrected chi connectivity index (χ4v) is 2.56. The van der Waals surface area contributed by atoms with Gasteiger partial charge in [0.1, 0.15) is 6.10 Å². The Bertz CT molecular complexity index is 306. The van der Waals surface area contributed by atoms with Gasteiger partial charge in [-0.3, -0.25) is 9.05 Å². The summed E-state index contributed by atoms with van der Waals surface area (Å²) in [6, 6.07) is 0. The monoisotopic (exact) mass is 355 g/mol. The number of unbranched alkanes of at least 4 members (excludes halogenated alkanes) is 4. The number of ether oxygens (including phenoxy) is 2. The smallest absolute Gasteiger partial charge is 0.379 e. The van der Waals surface area contributed by atoms with Crippen molar-refractivity contribution >= 4 is 7.82 Å². The average Bonchev–Trinajstić information content (AvgIpc) is 2.53. The average molecular weight is 355 g/mol. The van der Waals surface area contributed by atoms with Gasteiger partial charge in [0.2, 0.25) is 0 Å². The third-order valence-electron chi connectivity index (χ3n) is 3.09. The second kappa shape index (κ2) is 15.5. The Kier molecular flexibility index (Phi) is 15.5. The van der Waals surface area contributed by atoms with Gasteiger partial charge in [-0.15, -0.1) is 0 Å². The van der Waals surface area contributed by atoms with Crippen LogP contribution in [0.5, 0.6) is 0 Å². The quantitative estimate of drug-likeness (QED) is 0.306. The molecule has 0 aliphatic rings. The molecule has 0 heterocycles. The number of phosphoric acid groups is 1. The maximum atomic E-state index is 11.6. The molecular weight excluding hydrogens is 321 g/mol. The molecule has 0 aromatic heterocycles. The van der Waals surface area contributed by atoms with Gasteiger partial charge in [0.25, 0.3) is 0 Å². The third-order valence-corrected chi connectivity index (χ3v) is 4.08. The van der Waals surface area contributed by atoms with E-state index in [1.54, 1.807) is 0 Å². The van der Waals surface area contributed by atoms with Gasteiger partial charge in [0.05, 0.1) is 19.8 Å². The van der Waals surface area contributed by atoms with Crippen molar-refractivity contribution in [2.75, 3.05) is 39.6 Å². The van der Waals surface area contributed by atoms with Crippen LogP contribution in [0.3, 0.4) is 0 Å². The molecule has 0 aromatic rings. The van der Waals surface area contributed by atoms with Gasteiger partial charge in [-0.2, -0.15) is 0 Å². The summed E-state index contributed by atoms with van der Waals surface area (Å²) in [5.41, 5.74) is 5.23. The first-order chi connectivity index (χ1) is 11.1. The standard InChI is InChI=1S/C15H34NO6P/c1-3-5-7-10-19-13-15(20-11-8-6-4-2)14-22-23(17,18)21-12-9-16/h15H,3-14,16H2,1-2H3,(H,17,18)/t15-/m0/s1. The van der Waals surface area contributed by atoms with Crippen LogP contribution in [-0.2, 0) is 23.1 Å². The summed E-state index contributed by atoms with van der Waals surface area (Å²) in [7, 11) is -4.07. The molecule has 0 amide bonds. The Balaban J connectivity index is 4.10. The molecule has 7 nitrogen and oxygen atoms in total. The lowest BCUT2D eigenvalue weighted by atomic mass is 10.2. The number of hydrogen-bond acceptors (Lipinski definition) is 6.